The van der Waals surface area contributed by atoms with E-state index in [-0.39, 0.29) is 0 Å². The van der Waals surface area contributed by atoms with Crippen molar-refractivity contribution >= 4 is 5.97 Å². The third-order valence-electron chi connectivity index (χ3n) is 2.25. The second-order valence-electron chi connectivity index (χ2n) is 4.87. The molecule has 3 nitrogen and oxygen atoms in total. The molecule has 0 fully saturated rings. The fraction of sp³-hybridized carbons (Fsp3) is 0.923. The van der Waals surface area contributed by atoms with Gasteiger partial charge in [-0.25, -0.2) is 0 Å². The Hall–Kier alpha value is -0.570. The van der Waals surface area contributed by atoms with E-state index in [2.05, 4.69) is 46.4 Å². The maximum atomic E-state index is 9.60. The third kappa shape index (κ3) is 9.97. The number of nitrogens with zero attached hydrogens (tertiary/aromatic N) is 1. The van der Waals surface area contributed by atoms with Gasteiger partial charge in [-0.3, -0.25) is 9.69 Å². The molecule has 0 aromatic carbocycles. The lowest BCUT2D eigenvalue weighted by molar-refractivity contribution is -0.137. The summed E-state index contributed by atoms with van der Waals surface area (Å²) < 4.78 is 0. The van der Waals surface area contributed by atoms with Gasteiger partial charge in [0.05, 0.1) is 0 Å². The van der Waals surface area contributed by atoms with Crippen LogP contribution in [0.5, 0.6) is 0 Å². The van der Waals surface area contributed by atoms with Crippen LogP contribution in [0.2, 0.25) is 0 Å². The highest BCUT2D eigenvalue weighted by atomic mass is 16.4. The average Bonchev–Trinajstić information content (AvgIpc) is 2.00. The van der Waals surface area contributed by atoms with Crippen LogP contribution < -0.4 is 0 Å². The summed E-state index contributed by atoms with van der Waals surface area (Å²) in [5, 5.41) is 7.91. The van der Waals surface area contributed by atoms with Gasteiger partial charge in [0, 0.05) is 24.5 Å². The molecule has 0 amide bonds. The minimum Gasteiger partial charge on any atom is -0.481 e. The lowest BCUT2D eigenvalue weighted by Gasteiger charge is -2.34. The molecular weight excluding hydrogens is 202 g/mol. The molecule has 16 heavy (non-hydrogen) atoms. The highest BCUT2D eigenvalue weighted by Crippen LogP contribution is 2.09. The van der Waals surface area contributed by atoms with E-state index in [1.54, 1.807) is 0 Å². The molecule has 1 N–H and O–H groups in total. The van der Waals surface area contributed by atoms with Crippen LogP contribution in [0.25, 0.3) is 0 Å². The summed E-state index contributed by atoms with van der Waals surface area (Å²) in [7, 11) is 0. The lowest BCUT2D eigenvalue weighted by atomic mass is 10.2. The predicted molar refractivity (Wildman–Crippen MR) is 69.8 cm³/mol. The summed E-state index contributed by atoms with van der Waals surface area (Å²) in [6.45, 7) is 15.3. The van der Waals surface area contributed by atoms with Gasteiger partial charge in [0.2, 0.25) is 0 Å². The molecule has 0 heterocycles. The van der Waals surface area contributed by atoms with E-state index >= 15 is 0 Å². The zero-order valence-corrected chi connectivity index (χ0v) is 11.9. The predicted octanol–water partition coefficient (Wildman–Crippen LogP) is 3.38. The fourth-order valence-corrected chi connectivity index (χ4v) is 2.00. The van der Waals surface area contributed by atoms with Gasteiger partial charge in [-0.1, -0.05) is 6.92 Å². The highest BCUT2D eigenvalue weighted by molar-refractivity contribution is 5.66. The molecule has 0 saturated heterocycles. The molecular formula is C13H29NO2. The van der Waals surface area contributed by atoms with Crippen LogP contribution in [0.15, 0.2) is 0 Å². The smallest absolute Gasteiger partial charge is 0.303 e. The summed E-state index contributed by atoms with van der Waals surface area (Å²) in [5.74, 6) is -0.711. The molecule has 0 spiro atoms. The molecule has 98 valence electrons. The summed E-state index contributed by atoms with van der Waals surface area (Å²) >= 11 is 0. The Bertz CT molecular complexity index is 158. The van der Waals surface area contributed by atoms with Gasteiger partial charge in [0.1, 0.15) is 0 Å². The Morgan fingerprint density at radius 3 is 1.31 bits per heavy atom. The number of hydrogen-bond acceptors (Lipinski definition) is 2. The van der Waals surface area contributed by atoms with Gasteiger partial charge < -0.3 is 5.11 Å². The molecule has 3 heteroatoms. The van der Waals surface area contributed by atoms with Crippen molar-refractivity contribution in [3.63, 3.8) is 0 Å². The number of carboxylic acid groups (broad SMARTS) is 1. The number of carbonyl (C=O) groups is 1. The van der Waals surface area contributed by atoms with Gasteiger partial charge >= 0.3 is 5.97 Å². The van der Waals surface area contributed by atoms with Crippen molar-refractivity contribution in [3.05, 3.63) is 0 Å². The summed E-state index contributed by atoms with van der Waals surface area (Å²) in [6, 6.07) is 2.00. The van der Waals surface area contributed by atoms with Crippen LogP contribution in [0.4, 0.5) is 0 Å². The standard InChI is InChI=1S/C9H21N.C4H8O2/c1-7(2)10(8(3)4)9(5)6;1-2-3-4(5)6/h7-9H,1-6H3;2-3H2,1H3,(H,5,6). The summed E-state index contributed by atoms with van der Waals surface area (Å²) in [5.41, 5.74) is 0. The van der Waals surface area contributed by atoms with Crippen LogP contribution in [0.3, 0.4) is 0 Å². The molecule has 0 aliphatic heterocycles. The quantitative estimate of drug-likeness (QED) is 0.788. The largest absolute Gasteiger partial charge is 0.481 e. The van der Waals surface area contributed by atoms with Crippen molar-refractivity contribution < 1.29 is 9.90 Å². The molecule has 0 aromatic rings. The van der Waals surface area contributed by atoms with E-state index in [4.69, 9.17) is 5.11 Å². The molecule has 0 bridgehead atoms. The van der Waals surface area contributed by atoms with E-state index in [0.717, 1.165) is 6.42 Å². The molecule has 0 aromatic heterocycles. The van der Waals surface area contributed by atoms with Crippen LogP contribution >= 0.6 is 0 Å². The fourth-order valence-electron chi connectivity index (χ4n) is 2.00. The Morgan fingerprint density at radius 2 is 1.31 bits per heavy atom. The zero-order valence-electron chi connectivity index (χ0n) is 11.9. The average molecular weight is 231 g/mol. The molecule has 0 saturated carbocycles. The Kier molecular flexibility index (Phi) is 10.7. The van der Waals surface area contributed by atoms with Gasteiger partial charge in [-0.05, 0) is 48.0 Å². The first-order valence-corrected chi connectivity index (χ1v) is 6.23. The first-order chi connectivity index (χ1) is 7.23. The second kappa shape index (κ2) is 9.64. The van der Waals surface area contributed by atoms with E-state index in [1.165, 1.54) is 0 Å². The minimum absolute atomic E-state index is 0.292. The normalized spacial score (nSPS) is 10.9. The topological polar surface area (TPSA) is 40.5 Å². The van der Waals surface area contributed by atoms with Crippen LogP contribution in [-0.4, -0.2) is 34.1 Å². The number of aliphatic carboxylic acids is 1. The van der Waals surface area contributed by atoms with Gasteiger partial charge in [0.15, 0.2) is 0 Å². The molecule has 0 rings (SSSR count). The maximum Gasteiger partial charge on any atom is 0.303 e. The third-order valence-corrected chi connectivity index (χ3v) is 2.25. The van der Waals surface area contributed by atoms with Crippen molar-refractivity contribution in [2.24, 2.45) is 0 Å². The molecule has 0 atom stereocenters. The first-order valence-electron chi connectivity index (χ1n) is 6.23. The van der Waals surface area contributed by atoms with E-state index in [0.29, 0.717) is 24.5 Å². The van der Waals surface area contributed by atoms with Crippen molar-refractivity contribution in [1.82, 2.24) is 4.90 Å². The lowest BCUT2D eigenvalue weighted by Crippen LogP contribution is -2.42. The van der Waals surface area contributed by atoms with Crippen molar-refractivity contribution in [1.29, 1.82) is 0 Å². The van der Waals surface area contributed by atoms with Crippen LogP contribution in [0, 0.1) is 0 Å². The minimum atomic E-state index is -0.711. The summed E-state index contributed by atoms with van der Waals surface area (Å²) in [4.78, 5) is 12.1. The molecule has 0 aliphatic rings. The van der Waals surface area contributed by atoms with Crippen molar-refractivity contribution in [2.45, 2.75) is 79.4 Å². The molecule has 0 unspecified atom stereocenters. The highest BCUT2D eigenvalue weighted by Gasteiger charge is 2.15. The van der Waals surface area contributed by atoms with Gasteiger partial charge in [0.25, 0.3) is 0 Å². The zero-order chi connectivity index (χ0) is 13.3. The molecule has 0 radical (unpaired) electrons. The number of hydrogen-bond donors (Lipinski definition) is 1. The Labute approximate surface area is 101 Å². The first kappa shape index (κ1) is 17.8. The monoisotopic (exact) mass is 231 g/mol. The van der Waals surface area contributed by atoms with Gasteiger partial charge in [-0.15, -0.1) is 0 Å². The SMILES string of the molecule is CC(C)N(C(C)C)C(C)C.CCCC(=O)O. The van der Waals surface area contributed by atoms with Crippen LogP contribution in [0.1, 0.15) is 61.3 Å². The molecule has 0 aliphatic carbocycles. The van der Waals surface area contributed by atoms with E-state index < -0.39 is 5.97 Å². The number of rotatable bonds is 5. The summed E-state index contributed by atoms with van der Waals surface area (Å²) in [6.07, 6.45) is 1.02. The van der Waals surface area contributed by atoms with E-state index in [9.17, 15) is 4.79 Å². The van der Waals surface area contributed by atoms with Crippen LogP contribution in [-0.2, 0) is 4.79 Å². The Balaban J connectivity index is 0. The second-order valence-corrected chi connectivity index (χ2v) is 4.87. The van der Waals surface area contributed by atoms with Gasteiger partial charge in [-0.2, -0.15) is 0 Å². The number of carboxylic acids is 1. The maximum absolute atomic E-state index is 9.60. The Morgan fingerprint density at radius 1 is 1.00 bits per heavy atom. The van der Waals surface area contributed by atoms with Crippen molar-refractivity contribution in [3.8, 4) is 0 Å². The van der Waals surface area contributed by atoms with Crippen molar-refractivity contribution in [2.75, 3.05) is 0 Å². The van der Waals surface area contributed by atoms with E-state index in [1.807, 2.05) is 6.92 Å².